The summed E-state index contributed by atoms with van der Waals surface area (Å²) in [6.45, 7) is 5.62. The summed E-state index contributed by atoms with van der Waals surface area (Å²) in [6, 6.07) is 9.96. The number of benzene rings is 1. The second-order valence-corrected chi connectivity index (χ2v) is 8.27. The van der Waals surface area contributed by atoms with Gasteiger partial charge >= 0.3 is 0 Å². The van der Waals surface area contributed by atoms with Gasteiger partial charge in [0.15, 0.2) is 0 Å². The molecule has 5 rings (SSSR count). The van der Waals surface area contributed by atoms with Crippen LogP contribution in [0.1, 0.15) is 27.3 Å². The van der Waals surface area contributed by atoms with Gasteiger partial charge in [-0.25, -0.2) is 9.97 Å². The Balaban J connectivity index is 1.30. The van der Waals surface area contributed by atoms with Gasteiger partial charge in [-0.05, 0) is 36.2 Å². The predicted octanol–water partition coefficient (Wildman–Crippen LogP) is 1.93. The lowest BCUT2D eigenvalue weighted by atomic mass is 9.97. The van der Waals surface area contributed by atoms with Crippen LogP contribution in [-0.2, 0) is 13.5 Å². The molecule has 164 valence electrons. The summed E-state index contributed by atoms with van der Waals surface area (Å²) in [4.78, 5) is 28.6. The van der Waals surface area contributed by atoms with Crippen LogP contribution in [0.25, 0.3) is 11.3 Å². The number of anilines is 1. The van der Waals surface area contributed by atoms with Crippen molar-refractivity contribution in [3.63, 3.8) is 0 Å². The molecule has 0 radical (unpaired) electrons. The van der Waals surface area contributed by atoms with Crippen molar-refractivity contribution in [2.75, 3.05) is 31.1 Å². The number of carbonyl (C=O) groups excluding carboxylic acids is 1. The van der Waals surface area contributed by atoms with E-state index in [2.05, 4.69) is 53.3 Å². The van der Waals surface area contributed by atoms with E-state index in [9.17, 15) is 4.79 Å². The Morgan fingerprint density at radius 1 is 1.16 bits per heavy atom. The zero-order valence-electron chi connectivity index (χ0n) is 18.4. The highest BCUT2D eigenvalue weighted by molar-refractivity contribution is 5.95. The van der Waals surface area contributed by atoms with E-state index >= 15 is 0 Å². The molecule has 1 fully saturated rings. The first-order valence-electron chi connectivity index (χ1n) is 11.0. The minimum absolute atomic E-state index is 0.132. The van der Waals surface area contributed by atoms with Crippen molar-refractivity contribution in [2.24, 2.45) is 12.0 Å². The van der Waals surface area contributed by atoms with Crippen molar-refractivity contribution in [3.05, 3.63) is 65.2 Å². The molecule has 0 spiro atoms. The molecule has 1 unspecified atom stereocenters. The van der Waals surface area contributed by atoms with E-state index < -0.39 is 0 Å². The first kappa shape index (κ1) is 20.4. The molecule has 32 heavy (non-hydrogen) atoms. The minimum atomic E-state index is -0.297. The number of hydrogen-bond donors (Lipinski definition) is 2. The normalized spacial score (nSPS) is 17.8. The molecule has 1 amide bonds. The first-order valence-corrected chi connectivity index (χ1v) is 11.0. The Hall–Kier alpha value is -3.52. The maximum atomic E-state index is 12.9. The van der Waals surface area contributed by atoms with E-state index in [1.54, 1.807) is 12.3 Å². The Labute approximate surface area is 187 Å². The highest BCUT2D eigenvalue weighted by Crippen LogP contribution is 2.25. The van der Waals surface area contributed by atoms with Gasteiger partial charge < -0.3 is 20.1 Å². The third-order valence-electron chi connectivity index (χ3n) is 6.21. The zero-order valence-corrected chi connectivity index (χ0v) is 18.4. The second-order valence-electron chi connectivity index (χ2n) is 8.27. The number of fused-ring (bicyclic) bond motifs is 1. The maximum absolute atomic E-state index is 12.9. The Kier molecular flexibility index (Phi) is 5.45. The number of aryl methyl sites for hydroxylation is 1. The molecule has 2 aliphatic heterocycles. The quantitative estimate of drug-likeness (QED) is 0.662. The van der Waals surface area contributed by atoms with Gasteiger partial charge in [-0.3, -0.25) is 9.79 Å². The van der Waals surface area contributed by atoms with Gasteiger partial charge in [0, 0.05) is 63.2 Å². The van der Waals surface area contributed by atoms with Gasteiger partial charge in [-0.15, -0.1) is 0 Å². The van der Waals surface area contributed by atoms with Crippen molar-refractivity contribution in [3.8, 4) is 11.3 Å². The van der Waals surface area contributed by atoms with E-state index in [1.807, 2.05) is 32.4 Å². The van der Waals surface area contributed by atoms with Gasteiger partial charge in [-0.2, -0.15) is 0 Å². The summed E-state index contributed by atoms with van der Waals surface area (Å²) in [5, 5.41) is 6.40. The number of nitrogens with one attached hydrogen (secondary N) is 2. The summed E-state index contributed by atoms with van der Waals surface area (Å²) in [7, 11) is 2.02. The van der Waals surface area contributed by atoms with Crippen LogP contribution in [0.15, 0.2) is 47.7 Å². The summed E-state index contributed by atoms with van der Waals surface area (Å²) in [5.74, 6) is 1.68. The molecule has 0 aliphatic carbocycles. The van der Waals surface area contributed by atoms with E-state index in [0.717, 1.165) is 60.2 Å². The second kappa shape index (κ2) is 8.55. The molecule has 8 heteroatoms. The van der Waals surface area contributed by atoms with E-state index in [-0.39, 0.29) is 12.1 Å². The fourth-order valence-corrected chi connectivity index (χ4v) is 4.22. The largest absolute Gasteiger partial charge is 0.354 e. The third kappa shape index (κ3) is 4.01. The topological polar surface area (TPSA) is 87.4 Å². The third-order valence-corrected chi connectivity index (χ3v) is 6.21. The van der Waals surface area contributed by atoms with Crippen LogP contribution in [0.4, 0.5) is 5.82 Å². The molecule has 1 atom stereocenters. The number of carbonyl (C=O) groups is 1. The first-order chi connectivity index (χ1) is 15.6. The molecule has 2 aliphatic rings. The highest BCUT2D eigenvalue weighted by atomic mass is 16.1. The average Bonchev–Trinajstić information content (AvgIpc) is 3.17. The average molecular weight is 430 g/mol. The molecule has 0 saturated carbocycles. The van der Waals surface area contributed by atoms with Crippen molar-refractivity contribution in [2.45, 2.75) is 19.5 Å². The number of hydrogen-bond acceptors (Lipinski definition) is 6. The van der Waals surface area contributed by atoms with Gasteiger partial charge in [0.2, 0.25) is 0 Å². The number of aromatic nitrogens is 3. The van der Waals surface area contributed by atoms with Crippen molar-refractivity contribution in [1.82, 2.24) is 25.2 Å². The number of piperazine rings is 1. The number of rotatable bonds is 4. The Morgan fingerprint density at radius 3 is 2.78 bits per heavy atom. The van der Waals surface area contributed by atoms with E-state index in [4.69, 9.17) is 0 Å². The van der Waals surface area contributed by atoms with Gasteiger partial charge in [0.05, 0.1) is 11.9 Å². The summed E-state index contributed by atoms with van der Waals surface area (Å²) in [5.41, 5.74) is 5.04. The molecule has 8 nitrogen and oxygen atoms in total. The monoisotopic (exact) mass is 429 g/mol. The predicted molar refractivity (Wildman–Crippen MR) is 125 cm³/mol. The number of nitrogens with zero attached hydrogens (tertiary/aromatic N) is 5. The van der Waals surface area contributed by atoms with Gasteiger partial charge in [0.25, 0.3) is 5.91 Å². The Morgan fingerprint density at radius 2 is 2.00 bits per heavy atom. The number of amides is 1. The van der Waals surface area contributed by atoms with Crippen LogP contribution in [0.2, 0.25) is 0 Å². The smallest absolute Gasteiger partial charge is 0.253 e. The van der Waals surface area contributed by atoms with Crippen LogP contribution < -0.4 is 15.5 Å². The minimum Gasteiger partial charge on any atom is -0.354 e. The fraction of sp³-hybridized carbons (Fsp3) is 0.333. The zero-order chi connectivity index (χ0) is 22.1. The van der Waals surface area contributed by atoms with Crippen molar-refractivity contribution >= 4 is 17.9 Å². The van der Waals surface area contributed by atoms with Crippen LogP contribution >= 0.6 is 0 Å². The van der Waals surface area contributed by atoms with Gasteiger partial charge in [-0.1, -0.05) is 12.1 Å². The van der Waals surface area contributed by atoms with Crippen LogP contribution in [0.3, 0.4) is 0 Å². The van der Waals surface area contributed by atoms with E-state index in [0.29, 0.717) is 12.0 Å². The van der Waals surface area contributed by atoms with E-state index in [1.165, 1.54) is 0 Å². The summed E-state index contributed by atoms with van der Waals surface area (Å²) >= 11 is 0. The number of pyridine rings is 1. The van der Waals surface area contributed by atoms with Crippen LogP contribution in [-0.4, -0.2) is 59.0 Å². The van der Waals surface area contributed by atoms with Crippen molar-refractivity contribution in [1.29, 1.82) is 0 Å². The lowest BCUT2D eigenvalue weighted by Gasteiger charge is -2.28. The lowest BCUT2D eigenvalue weighted by molar-refractivity contribution is 0.0938. The number of aliphatic imine (C=N–C) groups is 1. The molecule has 3 aromatic rings. The highest BCUT2D eigenvalue weighted by Gasteiger charge is 2.20. The molecule has 2 N–H and O–H groups in total. The van der Waals surface area contributed by atoms with Crippen LogP contribution in [0.5, 0.6) is 0 Å². The Bertz CT molecular complexity index is 1180. The molecular weight excluding hydrogens is 402 g/mol. The molecule has 0 bridgehead atoms. The molecule has 1 aromatic carbocycles. The SMILES string of the molecule is Cc1ncc(-c2ccc3c(c2)CC(NC(=O)c2ccnc(N4CCNCC4)c2)N=C3)n1C. The summed E-state index contributed by atoms with van der Waals surface area (Å²) in [6.07, 6.45) is 5.80. The van der Waals surface area contributed by atoms with Crippen molar-refractivity contribution < 1.29 is 4.79 Å². The maximum Gasteiger partial charge on any atom is 0.253 e. The standard InChI is InChI=1S/C24H27N7O/c1-16-27-15-21(30(16)2)17-3-4-19-14-28-22(12-20(19)11-17)29-24(32)18-5-6-26-23(13-18)31-9-7-25-8-10-31/h3-6,11,13-15,22,25H,7-10,12H2,1-2H3,(H,29,32). The molecule has 4 heterocycles. The molecular formula is C24H27N7O. The molecule has 1 saturated heterocycles. The lowest BCUT2D eigenvalue weighted by Crippen LogP contribution is -2.44. The molecule has 2 aromatic heterocycles. The van der Waals surface area contributed by atoms with Crippen LogP contribution in [0, 0.1) is 6.92 Å². The summed E-state index contributed by atoms with van der Waals surface area (Å²) < 4.78 is 2.08. The number of imidazole rings is 1. The van der Waals surface area contributed by atoms with Gasteiger partial charge in [0.1, 0.15) is 17.8 Å². The fourth-order valence-electron chi connectivity index (χ4n) is 4.22.